The largest absolute Gasteiger partial charge is 0.369 e. The monoisotopic (exact) mass is 249 g/mol. The van der Waals surface area contributed by atoms with Gasteiger partial charge in [0.15, 0.2) is 0 Å². The summed E-state index contributed by atoms with van der Waals surface area (Å²) in [6.07, 6.45) is 0. The second-order valence-electron chi connectivity index (χ2n) is 5.05. The Morgan fingerprint density at radius 2 is 2.06 bits per heavy atom. The molecule has 0 aliphatic rings. The first kappa shape index (κ1) is 14.5. The number of nitrogens with one attached hydrogen (secondary N) is 1. The summed E-state index contributed by atoms with van der Waals surface area (Å²) in [4.78, 5) is 1.76. The molecule has 0 heterocycles. The van der Waals surface area contributed by atoms with Crippen molar-refractivity contribution < 1.29 is 4.39 Å². The second kappa shape index (κ2) is 5.83. The van der Waals surface area contributed by atoms with Crippen LogP contribution < -0.4 is 10.2 Å². The van der Waals surface area contributed by atoms with Crippen LogP contribution in [0.15, 0.2) is 24.3 Å². The second-order valence-corrected chi connectivity index (χ2v) is 5.05. The summed E-state index contributed by atoms with van der Waals surface area (Å²) in [5.41, 5.74) is -0.199. The maximum Gasteiger partial charge on any atom is 0.146 e. The summed E-state index contributed by atoms with van der Waals surface area (Å²) in [5.74, 6) is -0.273. The van der Waals surface area contributed by atoms with E-state index in [0.717, 1.165) is 0 Å². The van der Waals surface area contributed by atoms with E-state index in [4.69, 9.17) is 0 Å². The molecule has 0 aliphatic heterocycles. The van der Waals surface area contributed by atoms with E-state index in [-0.39, 0.29) is 11.9 Å². The first-order chi connectivity index (χ1) is 8.38. The van der Waals surface area contributed by atoms with E-state index >= 15 is 0 Å². The average molecular weight is 249 g/mol. The number of rotatable bonds is 5. The van der Waals surface area contributed by atoms with Crippen LogP contribution in [-0.4, -0.2) is 25.2 Å². The molecular formula is C14H20FN3. The molecule has 1 atom stereocenters. The Bertz CT molecular complexity index is 439. The van der Waals surface area contributed by atoms with Crippen molar-refractivity contribution in [2.24, 2.45) is 0 Å². The van der Waals surface area contributed by atoms with Crippen molar-refractivity contribution in [3.05, 3.63) is 30.1 Å². The first-order valence-electron chi connectivity index (χ1n) is 6.02. The number of nitrogens with zero attached hydrogens (tertiary/aromatic N) is 2. The van der Waals surface area contributed by atoms with Crippen LogP contribution >= 0.6 is 0 Å². The predicted molar refractivity (Wildman–Crippen MR) is 72.0 cm³/mol. The topological polar surface area (TPSA) is 39.1 Å². The molecule has 4 heteroatoms. The van der Waals surface area contributed by atoms with E-state index in [1.54, 1.807) is 30.1 Å². The number of anilines is 1. The molecule has 1 rings (SSSR count). The summed E-state index contributed by atoms with van der Waals surface area (Å²) < 4.78 is 13.6. The molecular weight excluding hydrogens is 229 g/mol. The molecule has 0 saturated carbocycles. The number of hydrogen-bond acceptors (Lipinski definition) is 3. The number of hydrogen-bond donors (Lipinski definition) is 1. The Morgan fingerprint density at radius 1 is 1.44 bits per heavy atom. The zero-order valence-corrected chi connectivity index (χ0v) is 11.4. The molecule has 1 unspecified atom stereocenters. The molecule has 1 aromatic rings. The molecule has 18 heavy (non-hydrogen) atoms. The first-order valence-corrected chi connectivity index (χ1v) is 6.02. The van der Waals surface area contributed by atoms with Crippen molar-refractivity contribution in [2.45, 2.75) is 32.4 Å². The van der Waals surface area contributed by atoms with Crippen LogP contribution in [0.3, 0.4) is 0 Å². The molecule has 1 aromatic carbocycles. The van der Waals surface area contributed by atoms with Crippen molar-refractivity contribution in [2.75, 3.05) is 18.5 Å². The molecule has 0 aliphatic carbocycles. The van der Waals surface area contributed by atoms with Crippen molar-refractivity contribution in [1.82, 2.24) is 5.32 Å². The number of benzene rings is 1. The van der Waals surface area contributed by atoms with Gasteiger partial charge in [-0.05, 0) is 32.9 Å². The summed E-state index contributed by atoms with van der Waals surface area (Å²) in [5, 5.41) is 12.5. The molecule has 1 N–H and O–H groups in total. The number of halogens is 1. The van der Waals surface area contributed by atoms with Gasteiger partial charge < -0.3 is 4.90 Å². The predicted octanol–water partition coefficient (Wildman–Crippen LogP) is 2.54. The Balaban J connectivity index is 2.84. The summed E-state index contributed by atoms with van der Waals surface area (Å²) >= 11 is 0. The van der Waals surface area contributed by atoms with Gasteiger partial charge in [-0.15, -0.1) is 0 Å². The van der Waals surface area contributed by atoms with Crippen LogP contribution in [0.2, 0.25) is 0 Å². The third-order valence-electron chi connectivity index (χ3n) is 2.67. The van der Waals surface area contributed by atoms with Crippen LogP contribution in [-0.2, 0) is 0 Å². The summed E-state index contributed by atoms with van der Waals surface area (Å²) in [7, 11) is 1.79. The van der Waals surface area contributed by atoms with Gasteiger partial charge in [0.1, 0.15) is 11.4 Å². The zero-order valence-electron chi connectivity index (χ0n) is 11.4. The van der Waals surface area contributed by atoms with Crippen molar-refractivity contribution in [3.8, 4) is 6.07 Å². The minimum absolute atomic E-state index is 0.198. The van der Waals surface area contributed by atoms with E-state index in [0.29, 0.717) is 12.2 Å². The number of nitriles is 1. The van der Waals surface area contributed by atoms with E-state index in [9.17, 15) is 9.65 Å². The van der Waals surface area contributed by atoms with Crippen LogP contribution in [0.4, 0.5) is 10.1 Å². The van der Waals surface area contributed by atoms with Crippen LogP contribution in [0.25, 0.3) is 0 Å². The normalized spacial score (nSPS) is 14.1. The molecule has 0 amide bonds. The molecule has 3 nitrogen and oxygen atoms in total. The number of para-hydroxylation sites is 1. The van der Waals surface area contributed by atoms with Gasteiger partial charge in [0.25, 0.3) is 0 Å². The van der Waals surface area contributed by atoms with Crippen molar-refractivity contribution >= 4 is 5.69 Å². The minimum atomic E-state index is -0.703. The highest BCUT2D eigenvalue weighted by molar-refractivity contribution is 5.47. The van der Waals surface area contributed by atoms with E-state index in [1.165, 1.54) is 6.07 Å². The highest BCUT2D eigenvalue weighted by Gasteiger charge is 2.27. The third kappa shape index (κ3) is 3.71. The molecule has 98 valence electrons. The van der Waals surface area contributed by atoms with Gasteiger partial charge in [-0.1, -0.05) is 12.1 Å². The molecule has 0 fully saturated rings. The zero-order chi connectivity index (χ0) is 13.8. The Kier molecular flexibility index (Phi) is 4.69. The Labute approximate surface area is 108 Å². The average Bonchev–Trinajstić information content (AvgIpc) is 2.28. The fraction of sp³-hybridized carbons (Fsp3) is 0.500. The molecule has 0 spiro atoms. The number of likely N-dealkylation sites (N-methyl/N-ethyl adjacent to an activating group) is 1. The standard InChI is InChI=1S/C14H20FN3/c1-11(2)17-14(3,9-16)10-18(4)13-8-6-5-7-12(13)15/h5-8,11,17H,10H2,1-4H3. The molecule has 0 saturated heterocycles. The third-order valence-corrected chi connectivity index (χ3v) is 2.67. The molecule has 0 radical (unpaired) electrons. The smallest absolute Gasteiger partial charge is 0.146 e. The lowest BCUT2D eigenvalue weighted by Crippen LogP contribution is -2.52. The maximum absolute atomic E-state index is 13.6. The molecule has 0 aromatic heterocycles. The van der Waals surface area contributed by atoms with E-state index < -0.39 is 5.54 Å². The van der Waals surface area contributed by atoms with Crippen molar-refractivity contribution in [3.63, 3.8) is 0 Å². The lowest BCUT2D eigenvalue weighted by molar-refractivity contribution is 0.407. The van der Waals surface area contributed by atoms with Gasteiger partial charge in [0.05, 0.1) is 11.8 Å². The lowest BCUT2D eigenvalue weighted by atomic mass is 10.0. The van der Waals surface area contributed by atoms with Gasteiger partial charge in [0, 0.05) is 19.6 Å². The quantitative estimate of drug-likeness (QED) is 0.871. The Hall–Kier alpha value is -1.60. The highest BCUT2D eigenvalue weighted by atomic mass is 19.1. The fourth-order valence-electron chi connectivity index (χ4n) is 2.07. The Morgan fingerprint density at radius 3 is 2.56 bits per heavy atom. The van der Waals surface area contributed by atoms with E-state index in [2.05, 4.69) is 11.4 Å². The van der Waals surface area contributed by atoms with Crippen molar-refractivity contribution in [1.29, 1.82) is 5.26 Å². The van der Waals surface area contributed by atoms with Crippen LogP contribution in [0.5, 0.6) is 0 Å². The molecule has 0 bridgehead atoms. The van der Waals surface area contributed by atoms with Gasteiger partial charge in [-0.25, -0.2) is 4.39 Å². The SMILES string of the molecule is CC(C)NC(C)(C#N)CN(C)c1ccccc1F. The summed E-state index contributed by atoms with van der Waals surface area (Å²) in [6, 6.07) is 9.03. The minimum Gasteiger partial charge on any atom is -0.369 e. The van der Waals surface area contributed by atoms with Gasteiger partial charge in [0.2, 0.25) is 0 Å². The van der Waals surface area contributed by atoms with Gasteiger partial charge >= 0.3 is 0 Å². The maximum atomic E-state index is 13.6. The van der Waals surface area contributed by atoms with Crippen LogP contribution in [0.1, 0.15) is 20.8 Å². The fourth-order valence-corrected chi connectivity index (χ4v) is 2.07. The van der Waals surface area contributed by atoms with Crippen LogP contribution in [0, 0.1) is 17.1 Å². The lowest BCUT2D eigenvalue weighted by Gasteiger charge is -2.31. The van der Waals surface area contributed by atoms with Gasteiger partial charge in [-0.2, -0.15) is 5.26 Å². The highest BCUT2D eigenvalue weighted by Crippen LogP contribution is 2.19. The van der Waals surface area contributed by atoms with E-state index in [1.807, 2.05) is 20.8 Å². The summed E-state index contributed by atoms with van der Waals surface area (Å²) in [6.45, 7) is 6.21. The van der Waals surface area contributed by atoms with Gasteiger partial charge in [-0.3, -0.25) is 5.32 Å².